The highest BCUT2D eigenvalue weighted by Gasteiger charge is 2.29. The maximum absolute atomic E-state index is 12.0. The Morgan fingerprint density at radius 1 is 1.44 bits per heavy atom. The number of carbonyl (C=O) groups is 1. The van der Waals surface area contributed by atoms with E-state index in [4.69, 9.17) is 0 Å². The van der Waals surface area contributed by atoms with Crippen LogP contribution >= 0.6 is 11.8 Å². The van der Waals surface area contributed by atoms with Gasteiger partial charge in [0.15, 0.2) is 0 Å². The van der Waals surface area contributed by atoms with Gasteiger partial charge in [-0.05, 0) is 30.0 Å². The van der Waals surface area contributed by atoms with Crippen molar-refractivity contribution in [3.05, 3.63) is 23.8 Å². The van der Waals surface area contributed by atoms with Gasteiger partial charge < -0.3 is 9.84 Å². The monoisotopic (exact) mass is 252 g/mol. The van der Waals surface area contributed by atoms with Gasteiger partial charge in [0.1, 0.15) is 11.3 Å². The number of carbonyl (C=O) groups excluding carboxylic acids is 1. The number of hydrogen-bond acceptors (Lipinski definition) is 4. The summed E-state index contributed by atoms with van der Waals surface area (Å²) in [5, 5.41) is 9.24. The third-order valence-corrected chi connectivity index (χ3v) is 2.33. The molecule has 0 aliphatic carbocycles. The van der Waals surface area contributed by atoms with Crippen LogP contribution in [0.5, 0.6) is 5.75 Å². The first-order valence-corrected chi connectivity index (χ1v) is 4.82. The molecular formula is C9H7F3O3S. The molecule has 0 saturated heterocycles. The average Bonchev–Trinajstić information content (AvgIpc) is 2.18. The first kappa shape index (κ1) is 12.7. The Labute approximate surface area is 93.2 Å². The highest BCUT2D eigenvalue weighted by Crippen LogP contribution is 2.38. The highest BCUT2D eigenvalue weighted by atomic mass is 32.2. The number of aromatic hydroxyl groups is 1. The minimum absolute atomic E-state index is 0.189. The molecule has 88 valence electrons. The number of rotatable bonds is 2. The second-order valence-corrected chi connectivity index (χ2v) is 3.86. The van der Waals surface area contributed by atoms with E-state index in [0.29, 0.717) is 0 Å². The van der Waals surface area contributed by atoms with Crippen molar-refractivity contribution in [1.29, 1.82) is 0 Å². The Morgan fingerprint density at radius 2 is 2.06 bits per heavy atom. The number of phenolic OH excluding ortho intramolecular Hbond substituents is 1. The quantitative estimate of drug-likeness (QED) is 0.649. The molecular weight excluding hydrogens is 245 g/mol. The predicted octanol–water partition coefficient (Wildman–Crippen LogP) is 2.79. The number of hydrogen-bond donors (Lipinski definition) is 1. The van der Waals surface area contributed by atoms with Crippen LogP contribution in [-0.2, 0) is 4.74 Å². The van der Waals surface area contributed by atoms with Crippen LogP contribution in [0.3, 0.4) is 0 Å². The van der Waals surface area contributed by atoms with Crippen LogP contribution in [-0.4, -0.2) is 23.7 Å². The zero-order valence-electron chi connectivity index (χ0n) is 8.04. The van der Waals surface area contributed by atoms with Gasteiger partial charge in [-0.1, -0.05) is 0 Å². The summed E-state index contributed by atoms with van der Waals surface area (Å²) in [4.78, 5) is 10.9. The summed E-state index contributed by atoms with van der Waals surface area (Å²) in [5.41, 5.74) is -4.73. The van der Waals surface area contributed by atoms with E-state index in [1.807, 2.05) is 0 Å². The topological polar surface area (TPSA) is 46.5 Å². The Bertz CT molecular complexity index is 403. The van der Waals surface area contributed by atoms with Gasteiger partial charge in [-0.3, -0.25) is 0 Å². The lowest BCUT2D eigenvalue weighted by atomic mass is 10.2. The molecule has 0 heterocycles. The summed E-state index contributed by atoms with van der Waals surface area (Å²) >= 11 is -0.367. The second kappa shape index (κ2) is 4.65. The lowest BCUT2D eigenvalue weighted by Gasteiger charge is -2.07. The largest absolute Gasteiger partial charge is 0.507 e. The molecule has 0 saturated carbocycles. The van der Waals surface area contributed by atoms with E-state index < -0.39 is 17.2 Å². The molecule has 0 aliphatic rings. The molecule has 0 aromatic heterocycles. The molecule has 3 nitrogen and oxygen atoms in total. The van der Waals surface area contributed by atoms with Crippen molar-refractivity contribution in [3.8, 4) is 5.75 Å². The number of esters is 1. The molecule has 0 aliphatic heterocycles. The summed E-state index contributed by atoms with van der Waals surface area (Å²) < 4.78 is 40.4. The number of methoxy groups -OCH3 is 1. The molecule has 0 bridgehead atoms. The van der Waals surface area contributed by atoms with Crippen molar-refractivity contribution >= 4 is 17.7 Å². The van der Waals surface area contributed by atoms with Crippen LogP contribution in [0.15, 0.2) is 23.1 Å². The molecule has 0 amide bonds. The number of phenols is 1. The van der Waals surface area contributed by atoms with Gasteiger partial charge in [0, 0.05) is 4.90 Å². The number of alkyl halides is 3. The van der Waals surface area contributed by atoms with Gasteiger partial charge in [-0.25, -0.2) is 4.79 Å². The van der Waals surface area contributed by atoms with Gasteiger partial charge in [-0.2, -0.15) is 13.2 Å². The van der Waals surface area contributed by atoms with Crippen molar-refractivity contribution in [2.45, 2.75) is 10.4 Å². The van der Waals surface area contributed by atoms with Crippen LogP contribution in [0.1, 0.15) is 10.4 Å². The number of benzene rings is 1. The fraction of sp³-hybridized carbons (Fsp3) is 0.222. The average molecular weight is 252 g/mol. The number of ether oxygens (including phenoxy) is 1. The lowest BCUT2D eigenvalue weighted by molar-refractivity contribution is -0.0328. The first-order chi connectivity index (χ1) is 7.33. The summed E-state index contributed by atoms with van der Waals surface area (Å²) in [5.74, 6) is -1.31. The minimum Gasteiger partial charge on any atom is -0.507 e. The van der Waals surface area contributed by atoms with Crippen LogP contribution < -0.4 is 0 Å². The predicted molar refractivity (Wildman–Crippen MR) is 51.4 cm³/mol. The molecule has 0 radical (unpaired) electrons. The smallest absolute Gasteiger partial charge is 0.446 e. The molecule has 1 rings (SSSR count). The van der Waals surface area contributed by atoms with Crippen molar-refractivity contribution in [1.82, 2.24) is 0 Å². The Kier molecular flexibility index (Phi) is 3.69. The van der Waals surface area contributed by atoms with E-state index in [1.165, 1.54) is 0 Å². The SMILES string of the molecule is COC(=O)c1cc(SC(F)(F)F)ccc1O. The number of halogens is 3. The van der Waals surface area contributed by atoms with Crippen LogP contribution in [0.25, 0.3) is 0 Å². The van der Waals surface area contributed by atoms with Crippen molar-refractivity contribution in [2.75, 3.05) is 7.11 Å². The van der Waals surface area contributed by atoms with E-state index in [1.54, 1.807) is 0 Å². The van der Waals surface area contributed by atoms with Gasteiger partial charge in [0.2, 0.25) is 0 Å². The number of thioether (sulfide) groups is 1. The highest BCUT2D eigenvalue weighted by molar-refractivity contribution is 8.00. The normalized spacial score (nSPS) is 11.2. The molecule has 1 aromatic carbocycles. The maximum atomic E-state index is 12.0. The van der Waals surface area contributed by atoms with Crippen LogP contribution in [0.2, 0.25) is 0 Å². The third kappa shape index (κ3) is 3.34. The zero-order valence-corrected chi connectivity index (χ0v) is 8.85. The Balaban J connectivity index is 3.03. The van der Waals surface area contributed by atoms with Crippen LogP contribution in [0.4, 0.5) is 13.2 Å². The zero-order chi connectivity index (χ0) is 12.3. The first-order valence-electron chi connectivity index (χ1n) is 4.00. The fourth-order valence-electron chi connectivity index (χ4n) is 0.986. The van der Waals surface area contributed by atoms with Crippen molar-refractivity contribution in [2.24, 2.45) is 0 Å². The summed E-state index contributed by atoms with van der Waals surface area (Å²) in [6, 6.07) is 3.01. The molecule has 0 fully saturated rings. The summed E-state index contributed by atoms with van der Waals surface area (Å²) in [6.07, 6.45) is 0. The summed E-state index contributed by atoms with van der Waals surface area (Å²) in [6.45, 7) is 0. The van der Waals surface area contributed by atoms with E-state index in [2.05, 4.69) is 4.74 Å². The molecule has 0 atom stereocenters. The van der Waals surface area contributed by atoms with E-state index in [-0.39, 0.29) is 22.2 Å². The van der Waals surface area contributed by atoms with Gasteiger partial charge in [-0.15, -0.1) is 0 Å². The van der Waals surface area contributed by atoms with Gasteiger partial charge in [0.25, 0.3) is 0 Å². The van der Waals surface area contributed by atoms with Gasteiger partial charge in [0.05, 0.1) is 7.11 Å². The Morgan fingerprint density at radius 3 is 2.56 bits per heavy atom. The Hall–Kier alpha value is -1.37. The maximum Gasteiger partial charge on any atom is 0.446 e. The lowest BCUT2D eigenvalue weighted by Crippen LogP contribution is -2.03. The van der Waals surface area contributed by atoms with E-state index in [0.717, 1.165) is 25.3 Å². The molecule has 1 aromatic rings. The third-order valence-electron chi connectivity index (χ3n) is 1.61. The molecule has 1 N–H and O–H groups in total. The molecule has 7 heteroatoms. The van der Waals surface area contributed by atoms with Crippen molar-refractivity contribution < 1.29 is 27.8 Å². The van der Waals surface area contributed by atoms with Crippen LogP contribution in [0, 0.1) is 0 Å². The van der Waals surface area contributed by atoms with E-state index >= 15 is 0 Å². The van der Waals surface area contributed by atoms with Gasteiger partial charge >= 0.3 is 11.5 Å². The summed E-state index contributed by atoms with van der Waals surface area (Å²) in [7, 11) is 1.07. The standard InChI is InChI=1S/C9H7F3O3S/c1-15-8(14)6-4-5(2-3-7(6)13)16-9(10,11)12/h2-4,13H,1H3. The molecule has 0 spiro atoms. The fourth-order valence-corrected chi connectivity index (χ4v) is 1.57. The van der Waals surface area contributed by atoms with E-state index in [9.17, 15) is 23.1 Å². The molecule has 16 heavy (non-hydrogen) atoms. The van der Waals surface area contributed by atoms with Crippen molar-refractivity contribution in [3.63, 3.8) is 0 Å². The minimum atomic E-state index is -4.44. The molecule has 0 unspecified atom stereocenters. The second-order valence-electron chi connectivity index (χ2n) is 2.72.